The van der Waals surface area contributed by atoms with Crippen LogP contribution in [0.1, 0.15) is 0 Å². The fraction of sp³-hybridized carbons (Fsp3) is 0.0625. The molecule has 3 aromatic rings. The Bertz CT molecular complexity index is 762. The molecule has 0 atom stereocenters. The van der Waals surface area contributed by atoms with Crippen LogP contribution >= 0.6 is 11.8 Å². The van der Waals surface area contributed by atoms with E-state index in [4.69, 9.17) is 0 Å². The number of hydrogen-bond donors (Lipinski definition) is 0. The zero-order valence-electron chi connectivity index (χ0n) is 11.3. The molecule has 3 nitrogen and oxygen atoms in total. The Morgan fingerprint density at radius 1 is 0.857 bits per heavy atom. The third-order valence-electron chi connectivity index (χ3n) is 3.00. The summed E-state index contributed by atoms with van der Waals surface area (Å²) in [7, 11) is 0. The molecule has 3 rings (SSSR count). The molecule has 0 unspecified atom stereocenters. The molecule has 21 heavy (non-hydrogen) atoms. The van der Waals surface area contributed by atoms with Gasteiger partial charge in [0.05, 0.1) is 0 Å². The highest BCUT2D eigenvalue weighted by Gasteiger charge is 2.13. The predicted molar refractivity (Wildman–Crippen MR) is 82.4 cm³/mol. The Hall–Kier alpha value is -2.27. The SMILES string of the molecule is CSc1nnc(-c2ccccc2)c(-c2cccc(F)c2)n1. The van der Waals surface area contributed by atoms with Gasteiger partial charge in [-0.25, -0.2) is 9.37 Å². The zero-order chi connectivity index (χ0) is 14.7. The van der Waals surface area contributed by atoms with Crippen molar-refractivity contribution >= 4 is 11.8 Å². The molecule has 1 aromatic heterocycles. The number of benzene rings is 2. The van der Waals surface area contributed by atoms with E-state index in [0.717, 1.165) is 5.56 Å². The Morgan fingerprint density at radius 2 is 1.62 bits per heavy atom. The first-order chi connectivity index (χ1) is 10.3. The van der Waals surface area contributed by atoms with Crippen molar-refractivity contribution < 1.29 is 4.39 Å². The van der Waals surface area contributed by atoms with Crippen LogP contribution in [-0.2, 0) is 0 Å². The molecule has 0 spiro atoms. The molecule has 0 aliphatic rings. The van der Waals surface area contributed by atoms with Crippen molar-refractivity contribution in [1.29, 1.82) is 0 Å². The molecule has 104 valence electrons. The maximum Gasteiger partial charge on any atom is 0.209 e. The summed E-state index contributed by atoms with van der Waals surface area (Å²) in [5.74, 6) is -0.296. The Balaban J connectivity index is 2.21. The van der Waals surface area contributed by atoms with E-state index >= 15 is 0 Å². The van der Waals surface area contributed by atoms with Crippen molar-refractivity contribution in [2.75, 3.05) is 6.26 Å². The molecule has 0 fully saturated rings. The number of aromatic nitrogens is 3. The molecular formula is C16H12FN3S. The van der Waals surface area contributed by atoms with Crippen LogP contribution < -0.4 is 0 Å². The minimum Gasteiger partial charge on any atom is -0.219 e. The molecule has 5 heteroatoms. The number of nitrogens with zero attached hydrogens (tertiary/aromatic N) is 3. The summed E-state index contributed by atoms with van der Waals surface area (Å²) in [5.41, 5.74) is 2.89. The van der Waals surface area contributed by atoms with Crippen molar-refractivity contribution in [1.82, 2.24) is 15.2 Å². The van der Waals surface area contributed by atoms with Gasteiger partial charge in [0, 0.05) is 11.1 Å². The van der Waals surface area contributed by atoms with Crippen LogP contribution in [0.2, 0.25) is 0 Å². The van der Waals surface area contributed by atoms with Gasteiger partial charge < -0.3 is 0 Å². The Kier molecular flexibility index (Phi) is 3.92. The lowest BCUT2D eigenvalue weighted by atomic mass is 10.0. The topological polar surface area (TPSA) is 38.7 Å². The van der Waals surface area contributed by atoms with Gasteiger partial charge in [-0.15, -0.1) is 10.2 Å². The van der Waals surface area contributed by atoms with Crippen molar-refractivity contribution in [3.8, 4) is 22.5 Å². The van der Waals surface area contributed by atoms with E-state index in [9.17, 15) is 4.39 Å². The maximum absolute atomic E-state index is 13.5. The van der Waals surface area contributed by atoms with Crippen LogP contribution in [0.5, 0.6) is 0 Å². The fourth-order valence-electron chi connectivity index (χ4n) is 2.03. The molecule has 2 aromatic carbocycles. The number of thioether (sulfide) groups is 1. The largest absolute Gasteiger partial charge is 0.219 e. The summed E-state index contributed by atoms with van der Waals surface area (Å²) in [6.07, 6.45) is 1.88. The molecule has 0 amide bonds. The molecule has 0 aliphatic carbocycles. The first-order valence-corrected chi connectivity index (χ1v) is 7.60. The van der Waals surface area contributed by atoms with Crippen LogP contribution in [0, 0.1) is 5.82 Å². The summed E-state index contributed by atoms with van der Waals surface area (Å²) in [4.78, 5) is 4.50. The van der Waals surface area contributed by atoms with Crippen molar-refractivity contribution in [2.45, 2.75) is 5.16 Å². The third-order valence-corrected chi connectivity index (χ3v) is 3.53. The summed E-state index contributed by atoms with van der Waals surface area (Å²) in [6, 6.07) is 16.0. The summed E-state index contributed by atoms with van der Waals surface area (Å²) < 4.78 is 13.5. The number of hydrogen-bond acceptors (Lipinski definition) is 4. The molecular weight excluding hydrogens is 285 g/mol. The van der Waals surface area contributed by atoms with Gasteiger partial charge in [0.15, 0.2) is 0 Å². The summed E-state index contributed by atoms with van der Waals surface area (Å²) in [5, 5.41) is 8.92. The summed E-state index contributed by atoms with van der Waals surface area (Å²) >= 11 is 1.41. The molecule has 0 aliphatic heterocycles. The minimum absolute atomic E-state index is 0.296. The van der Waals surface area contributed by atoms with E-state index in [-0.39, 0.29) is 5.82 Å². The van der Waals surface area contributed by atoms with E-state index in [0.29, 0.717) is 22.1 Å². The van der Waals surface area contributed by atoms with Crippen LogP contribution in [0.25, 0.3) is 22.5 Å². The molecule has 0 saturated heterocycles. The molecule has 0 N–H and O–H groups in total. The molecule has 1 heterocycles. The van der Waals surface area contributed by atoms with Gasteiger partial charge in [0.25, 0.3) is 0 Å². The van der Waals surface area contributed by atoms with Gasteiger partial charge in [0.1, 0.15) is 17.2 Å². The third kappa shape index (κ3) is 2.92. The second kappa shape index (κ2) is 6.01. The first kappa shape index (κ1) is 13.7. The second-order valence-corrected chi connectivity index (χ2v) is 5.15. The lowest BCUT2D eigenvalue weighted by Gasteiger charge is -2.08. The van der Waals surface area contributed by atoms with Gasteiger partial charge >= 0.3 is 0 Å². The van der Waals surface area contributed by atoms with Crippen LogP contribution in [0.15, 0.2) is 59.8 Å². The highest BCUT2D eigenvalue weighted by molar-refractivity contribution is 7.98. The lowest BCUT2D eigenvalue weighted by molar-refractivity contribution is 0.628. The highest BCUT2D eigenvalue weighted by Crippen LogP contribution is 2.29. The number of rotatable bonds is 3. The Morgan fingerprint density at radius 3 is 2.33 bits per heavy atom. The fourth-order valence-corrected chi connectivity index (χ4v) is 2.33. The van der Waals surface area contributed by atoms with Crippen molar-refractivity contribution in [3.05, 3.63) is 60.4 Å². The van der Waals surface area contributed by atoms with Crippen LogP contribution in [0.3, 0.4) is 0 Å². The standard InChI is InChI=1S/C16H12FN3S/c1-21-16-18-14(12-8-5-9-13(17)10-12)15(19-20-16)11-6-3-2-4-7-11/h2-10H,1H3. The average Bonchev–Trinajstić information content (AvgIpc) is 2.55. The van der Waals surface area contributed by atoms with E-state index in [2.05, 4.69) is 15.2 Å². The smallest absolute Gasteiger partial charge is 0.209 e. The van der Waals surface area contributed by atoms with E-state index in [1.54, 1.807) is 6.07 Å². The minimum atomic E-state index is -0.296. The average molecular weight is 297 g/mol. The number of halogens is 1. The van der Waals surface area contributed by atoms with Crippen molar-refractivity contribution in [3.63, 3.8) is 0 Å². The lowest BCUT2D eigenvalue weighted by Crippen LogP contribution is -1.99. The van der Waals surface area contributed by atoms with E-state index in [1.165, 1.54) is 23.9 Å². The van der Waals surface area contributed by atoms with E-state index < -0.39 is 0 Å². The quantitative estimate of drug-likeness (QED) is 0.683. The van der Waals surface area contributed by atoms with Gasteiger partial charge in [-0.2, -0.15) is 0 Å². The monoisotopic (exact) mass is 297 g/mol. The van der Waals surface area contributed by atoms with Crippen LogP contribution in [-0.4, -0.2) is 21.4 Å². The maximum atomic E-state index is 13.5. The van der Waals surface area contributed by atoms with Gasteiger partial charge in [0.2, 0.25) is 5.16 Å². The zero-order valence-corrected chi connectivity index (χ0v) is 12.1. The highest BCUT2D eigenvalue weighted by atomic mass is 32.2. The van der Waals surface area contributed by atoms with Gasteiger partial charge in [-0.3, -0.25) is 0 Å². The predicted octanol–water partition coefficient (Wildman–Crippen LogP) is 4.07. The normalized spacial score (nSPS) is 10.6. The van der Waals surface area contributed by atoms with Gasteiger partial charge in [-0.1, -0.05) is 54.2 Å². The second-order valence-electron chi connectivity index (χ2n) is 4.37. The summed E-state index contributed by atoms with van der Waals surface area (Å²) in [6.45, 7) is 0. The van der Waals surface area contributed by atoms with E-state index in [1.807, 2.05) is 42.7 Å². The molecule has 0 saturated carbocycles. The molecule has 0 bridgehead atoms. The molecule has 0 radical (unpaired) electrons. The van der Waals surface area contributed by atoms with Crippen molar-refractivity contribution in [2.24, 2.45) is 0 Å². The van der Waals surface area contributed by atoms with Crippen LogP contribution in [0.4, 0.5) is 4.39 Å². The first-order valence-electron chi connectivity index (χ1n) is 6.38. The Labute approximate surface area is 126 Å². The van der Waals surface area contributed by atoms with Gasteiger partial charge in [-0.05, 0) is 18.4 Å².